The summed E-state index contributed by atoms with van der Waals surface area (Å²) in [5, 5.41) is 2.78. The summed E-state index contributed by atoms with van der Waals surface area (Å²) >= 11 is 1.51. The van der Waals surface area contributed by atoms with E-state index in [4.69, 9.17) is 4.74 Å². The summed E-state index contributed by atoms with van der Waals surface area (Å²) in [6, 6.07) is 7.78. The van der Waals surface area contributed by atoms with Crippen LogP contribution >= 0.6 is 11.3 Å². The number of aryl methyl sites for hydroxylation is 3. The lowest BCUT2D eigenvalue weighted by Crippen LogP contribution is -2.20. The second-order valence-electron chi connectivity index (χ2n) is 7.08. The fourth-order valence-electron chi connectivity index (χ4n) is 3.49. The van der Waals surface area contributed by atoms with Crippen molar-refractivity contribution in [2.24, 2.45) is 5.92 Å². The molecule has 0 saturated carbocycles. The number of carbonyl (C=O) groups is 2. The number of thiophene rings is 1. The van der Waals surface area contributed by atoms with Crippen molar-refractivity contribution in [2.75, 3.05) is 11.9 Å². The van der Waals surface area contributed by atoms with Crippen LogP contribution in [0.25, 0.3) is 0 Å². The molecular formula is C21H25NO3S. The van der Waals surface area contributed by atoms with Crippen molar-refractivity contribution in [3.05, 3.63) is 50.7 Å². The molecule has 26 heavy (non-hydrogen) atoms. The van der Waals surface area contributed by atoms with E-state index in [1.165, 1.54) is 34.6 Å². The highest BCUT2D eigenvalue weighted by atomic mass is 32.1. The molecule has 0 fully saturated rings. The Balaban J connectivity index is 1.55. The molecule has 4 nitrogen and oxygen atoms in total. The number of ether oxygens (including phenoxy) is 1. The predicted molar refractivity (Wildman–Crippen MR) is 105 cm³/mol. The molecule has 0 saturated heterocycles. The van der Waals surface area contributed by atoms with Crippen molar-refractivity contribution < 1.29 is 14.3 Å². The molecule has 138 valence electrons. The van der Waals surface area contributed by atoms with E-state index in [1.807, 2.05) is 38.1 Å². The van der Waals surface area contributed by atoms with E-state index in [1.54, 1.807) is 0 Å². The lowest BCUT2D eigenvalue weighted by molar-refractivity contribution is -0.119. The van der Waals surface area contributed by atoms with E-state index < -0.39 is 5.97 Å². The molecule has 0 bridgehead atoms. The van der Waals surface area contributed by atoms with Crippen LogP contribution in [0, 0.1) is 19.8 Å². The summed E-state index contributed by atoms with van der Waals surface area (Å²) in [6.07, 6.45) is 4.45. The molecule has 0 spiro atoms. The van der Waals surface area contributed by atoms with Crippen LogP contribution < -0.4 is 5.32 Å². The van der Waals surface area contributed by atoms with Crippen molar-refractivity contribution in [1.82, 2.24) is 0 Å². The smallest absolute Gasteiger partial charge is 0.348 e. The fourth-order valence-corrected chi connectivity index (χ4v) is 4.60. The number of hydrogen-bond acceptors (Lipinski definition) is 4. The third kappa shape index (κ3) is 4.52. The van der Waals surface area contributed by atoms with Gasteiger partial charge in [0.25, 0.3) is 5.91 Å². The normalized spacial score (nSPS) is 16.0. The number of esters is 1. The second-order valence-corrected chi connectivity index (χ2v) is 8.21. The molecule has 1 heterocycles. The monoisotopic (exact) mass is 371 g/mol. The minimum absolute atomic E-state index is 0.272. The standard InChI is InChI=1S/C21H25NO3S/c1-4-15-5-6-18-16(10-15)11-19(26-18)21(24)25-12-20(23)22-17-8-13(2)7-14(3)9-17/h7-9,11,15H,4-6,10,12H2,1-3H3,(H,22,23)/t15-/m1/s1. The average Bonchev–Trinajstić information content (AvgIpc) is 3.01. The highest BCUT2D eigenvalue weighted by molar-refractivity contribution is 7.14. The first-order chi connectivity index (χ1) is 12.4. The summed E-state index contributed by atoms with van der Waals surface area (Å²) in [4.78, 5) is 26.2. The Morgan fingerprint density at radius 3 is 2.62 bits per heavy atom. The Morgan fingerprint density at radius 1 is 1.19 bits per heavy atom. The van der Waals surface area contributed by atoms with Crippen LogP contribution in [0.4, 0.5) is 5.69 Å². The zero-order valence-corrected chi connectivity index (χ0v) is 16.4. The van der Waals surface area contributed by atoms with Crippen LogP contribution in [-0.4, -0.2) is 18.5 Å². The molecule has 1 atom stereocenters. The van der Waals surface area contributed by atoms with Gasteiger partial charge < -0.3 is 10.1 Å². The quantitative estimate of drug-likeness (QED) is 0.777. The maximum atomic E-state index is 12.3. The number of anilines is 1. The van der Waals surface area contributed by atoms with Crippen LogP contribution in [0.2, 0.25) is 0 Å². The van der Waals surface area contributed by atoms with Crippen molar-refractivity contribution >= 4 is 28.9 Å². The predicted octanol–water partition coefficient (Wildman–Crippen LogP) is 4.68. The first-order valence-electron chi connectivity index (χ1n) is 9.11. The van der Waals surface area contributed by atoms with E-state index >= 15 is 0 Å². The third-order valence-corrected chi connectivity index (χ3v) is 6.02. The van der Waals surface area contributed by atoms with Gasteiger partial charge in [-0.25, -0.2) is 4.79 Å². The van der Waals surface area contributed by atoms with Crippen molar-refractivity contribution in [2.45, 2.75) is 46.5 Å². The van der Waals surface area contributed by atoms with Crippen LogP contribution in [0.1, 0.15) is 51.0 Å². The number of benzene rings is 1. The maximum Gasteiger partial charge on any atom is 0.348 e. The van der Waals surface area contributed by atoms with E-state index in [0.29, 0.717) is 10.8 Å². The van der Waals surface area contributed by atoms with Gasteiger partial charge in [-0.2, -0.15) is 0 Å². The number of rotatable bonds is 5. The van der Waals surface area contributed by atoms with Gasteiger partial charge in [0.05, 0.1) is 0 Å². The maximum absolute atomic E-state index is 12.3. The number of fused-ring (bicyclic) bond motifs is 1. The molecule has 3 rings (SSSR count). The minimum Gasteiger partial charge on any atom is -0.451 e. The molecule has 1 amide bonds. The van der Waals surface area contributed by atoms with Crippen LogP contribution in [0.3, 0.4) is 0 Å². The third-order valence-electron chi connectivity index (χ3n) is 4.80. The Kier molecular flexibility index (Phi) is 5.77. The van der Waals surface area contributed by atoms with Crippen molar-refractivity contribution in [3.63, 3.8) is 0 Å². The van der Waals surface area contributed by atoms with Gasteiger partial charge in [0, 0.05) is 10.6 Å². The van der Waals surface area contributed by atoms with Gasteiger partial charge in [0.1, 0.15) is 4.88 Å². The Labute approximate surface area is 158 Å². The average molecular weight is 372 g/mol. The molecular weight excluding hydrogens is 346 g/mol. The van der Waals surface area contributed by atoms with Gasteiger partial charge in [-0.3, -0.25) is 4.79 Å². The Bertz CT molecular complexity index is 804. The number of amides is 1. The lowest BCUT2D eigenvalue weighted by Gasteiger charge is -2.19. The SMILES string of the molecule is CC[C@@H]1CCc2sc(C(=O)OCC(=O)Nc3cc(C)cc(C)c3)cc2C1. The van der Waals surface area contributed by atoms with Crippen LogP contribution in [-0.2, 0) is 22.4 Å². The van der Waals surface area contributed by atoms with Gasteiger partial charge >= 0.3 is 5.97 Å². The highest BCUT2D eigenvalue weighted by Gasteiger charge is 2.23. The summed E-state index contributed by atoms with van der Waals surface area (Å²) < 4.78 is 5.21. The summed E-state index contributed by atoms with van der Waals surface area (Å²) in [7, 11) is 0. The topological polar surface area (TPSA) is 55.4 Å². The van der Waals surface area contributed by atoms with Gasteiger partial charge in [0.15, 0.2) is 6.61 Å². The van der Waals surface area contributed by atoms with E-state index in [-0.39, 0.29) is 12.5 Å². The summed E-state index contributed by atoms with van der Waals surface area (Å²) in [5.74, 6) is -0.0201. The number of nitrogens with one attached hydrogen (secondary N) is 1. The van der Waals surface area contributed by atoms with Crippen LogP contribution in [0.15, 0.2) is 24.3 Å². The molecule has 1 aliphatic carbocycles. The largest absolute Gasteiger partial charge is 0.451 e. The molecule has 5 heteroatoms. The molecule has 1 aliphatic rings. The summed E-state index contributed by atoms with van der Waals surface area (Å²) in [6.45, 7) is 5.90. The van der Waals surface area contributed by atoms with E-state index in [0.717, 1.165) is 29.7 Å². The molecule has 1 aromatic carbocycles. The van der Waals surface area contributed by atoms with E-state index in [2.05, 4.69) is 12.2 Å². The molecule has 2 aromatic rings. The van der Waals surface area contributed by atoms with Gasteiger partial charge in [0.2, 0.25) is 0 Å². The molecule has 0 radical (unpaired) electrons. The molecule has 1 aromatic heterocycles. The first kappa shape index (κ1) is 18.6. The van der Waals surface area contributed by atoms with Crippen molar-refractivity contribution in [1.29, 1.82) is 0 Å². The van der Waals surface area contributed by atoms with Crippen molar-refractivity contribution in [3.8, 4) is 0 Å². The Hall–Kier alpha value is -2.14. The van der Waals surface area contributed by atoms with E-state index in [9.17, 15) is 9.59 Å². The zero-order valence-electron chi connectivity index (χ0n) is 15.6. The fraction of sp³-hybridized carbons (Fsp3) is 0.429. The minimum atomic E-state index is -0.409. The van der Waals surface area contributed by atoms with Gasteiger partial charge in [-0.1, -0.05) is 19.4 Å². The Morgan fingerprint density at radius 2 is 1.92 bits per heavy atom. The number of hydrogen-bond donors (Lipinski definition) is 1. The second kappa shape index (κ2) is 8.04. The molecule has 0 aliphatic heterocycles. The summed E-state index contributed by atoms with van der Waals surface area (Å²) in [5.41, 5.74) is 4.15. The number of carbonyl (C=O) groups excluding carboxylic acids is 2. The van der Waals surface area contributed by atoms with Gasteiger partial charge in [-0.15, -0.1) is 11.3 Å². The van der Waals surface area contributed by atoms with Gasteiger partial charge in [-0.05, 0) is 73.9 Å². The lowest BCUT2D eigenvalue weighted by atomic mass is 9.87. The first-order valence-corrected chi connectivity index (χ1v) is 9.93. The highest BCUT2D eigenvalue weighted by Crippen LogP contribution is 2.33. The molecule has 1 N–H and O–H groups in total. The molecule has 0 unspecified atom stereocenters. The van der Waals surface area contributed by atoms with Crippen LogP contribution in [0.5, 0.6) is 0 Å². The zero-order chi connectivity index (χ0) is 18.7.